The van der Waals surface area contributed by atoms with Crippen LogP contribution in [0.1, 0.15) is 20.3 Å². The van der Waals surface area contributed by atoms with Crippen molar-refractivity contribution in [2.75, 3.05) is 46.8 Å². The summed E-state index contributed by atoms with van der Waals surface area (Å²) < 4.78 is 0. The van der Waals surface area contributed by atoms with Gasteiger partial charge in [-0.05, 0) is 39.5 Å². The Morgan fingerprint density at radius 1 is 1.07 bits per heavy atom. The lowest BCUT2D eigenvalue weighted by Crippen LogP contribution is -2.34. The maximum atomic E-state index is 5.58. The van der Waals surface area contributed by atoms with E-state index in [1.807, 2.05) is 0 Å². The molecule has 0 aromatic carbocycles. The highest BCUT2D eigenvalue weighted by Crippen LogP contribution is 1.99. The van der Waals surface area contributed by atoms with Gasteiger partial charge in [-0.3, -0.25) is 0 Å². The predicted octanol–water partition coefficient (Wildman–Crippen LogP) is 0.855. The standard InChI is InChI=1S/C11H27N3/c1-11(2)10-14(9-6-12)8-5-7-13(3)4/h11H,5-10,12H2,1-4H3. The number of nitrogens with two attached hydrogens (primary N) is 1. The molecule has 0 saturated carbocycles. The molecule has 0 rings (SSSR count). The van der Waals surface area contributed by atoms with E-state index < -0.39 is 0 Å². The van der Waals surface area contributed by atoms with Gasteiger partial charge >= 0.3 is 0 Å². The van der Waals surface area contributed by atoms with E-state index in [0.29, 0.717) is 0 Å². The minimum atomic E-state index is 0.737. The van der Waals surface area contributed by atoms with E-state index in [0.717, 1.165) is 19.0 Å². The zero-order chi connectivity index (χ0) is 11.0. The number of hydrogen-bond donors (Lipinski definition) is 1. The molecule has 0 amide bonds. The molecule has 3 heteroatoms. The molecule has 0 spiro atoms. The van der Waals surface area contributed by atoms with Crippen molar-refractivity contribution >= 4 is 0 Å². The Balaban J connectivity index is 3.61. The minimum absolute atomic E-state index is 0.737. The van der Waals surface area contributed by atoms with Crippen molar-refractivity contribution < 1.29 is 0 Å². The van der Waals surface area contributed by atoms with E-state index in [1.54, 1.807) is 0 Å². The summed E-state index contributed by atoms with van der Waals surface area (Å²) in [7, 11) is 4.24. The lowest BCUT2D eigenvalue weighted by atomic mass is 10.2. The molecule has 0 bridgehead atoms. The molecule has 14 heavy (non-hydrogen) atoms. The summed E-state index contributed by atoms with van der Waals surface area (Å²) in [6.45, 7) is 9.84. The summed E-state index contributed by atoms with van der Waals surface area (Å²) in [4.78, 5) is 4.70. The fraction of sp³-hybridized carbons (Fsp3) is 1.00. The highest BCUT2D eigenvalue weighted by molar-refractivity contribution is 4.61. The quantitative estimate of drug-likeness (QED) is 0.632. The van der Waals surface area contributed by atoms with Crippen LogP contribution < -0.4 is 5.73 Å². The topological polar surface area (TPSA) is 32.5 Å². The Morgan fingerprint density at radius 2 is 1.71 bits per heavy atom. The van der Waals surface area contributed by atoms with Gasteiger partial charge in [0.05, 0.1) is 0 Å². The maximum absolute atomic E-state index is 5.58. The highest BCUT2D eigenvalue weighted by Gasteiger charge is 2.05. The van der Waals surface area contributed by atoms with Gasteiger partial charge in [0.25, 0.3) is 0 Å². The second kappa shape index (κ2) is 8.21. The third-order valence-electron chi connectivity index (χ3n) is 2.15. The third-order valence-corrected chi connectivity index (χ3v) is 2.15. The van der Waals surface area contributed by atoms with Gasteiger partial charge < -0.3 is 15.5 Å². The van der Waals surface area contributed by atoms with Crippen LogP contribution in [-0.2, 0) is 0 Å². The average Bonchev–Trinajstić information content (AvgIpc) is 2.02. The summed E-state index contributed by atoms with van der Waals surface area (Å²) in [6, 6.07) is 0. The van der Waals surface area contributed by atoms with Gasteiger partial charge in [0, 0.05) is 19.6 Å². The zero-order valence-corrected chi connectivity index (χ0v) is 10.3. The SMILES string of the molecule is CC(C)CN(CCN)CCCN(C)C. The molecule has 0 fully saturated rings. The van der Waals surface area contributed by atoms with Crippen molar-refractivity contribution in [3.05, 3.63) is 0 Å². The molecular formula is C11H27N3. The molecule has 2 N–H and O–H groups in total. The van der Waals surface area contributed by atoms with Crippen LogP contribution in [0.3, 0.4) is 0 Å². The molecule has 0 aromatic rings. The molecule has 0 unspecified atom stereocenters. The molecule has 0 aliphatic rings. The summed E-state index contributed by atoms with van der Waals surface area (Å²) >= 11 is 0. The van der Waals surface area contributed by atoms with Crippen molar-refractivity contribution in [1.29, 1.82) is 0 Å². The van der Waals surface area contributed by atoms with Crippen molar-refractivity contribution in [3.63, 3.8) is 0 Å². The Labute approximate surface area is 89.2 Å². The fourth-order valence-electron chi connectivity index (χ4n) is 1.60. The van der Waals surface area contributed by atoms with Gasteiger partial charge in [-0.15, -0.1) is 0 Å². The lowest BCUT2D eigenvalue weighted by Gasteiger charge is -2.24. The maximum Gasteiger partial charge on any atom is 0.0105 e. The first-order valence-electron chi connectivity index (χ1n) is 5.63. The van der Waals surface area contributed by atoms with Crippen LogP contribution in [0.2, 0.25) is 0 Å². The molecule has 86 valence electrons. The van der Waals surface area contributed by atoms with Crippen molar-refractivity contribution in [2.45, 2.75) is 20.3 Å². The first kappa shape index (κ1) is 13.9. The van der Waals surface area contributed by atoms with Gasteiger partial charge in [0.1, 0.15) is 0 Å². The predicted molar refractivity (Wildman–Crippen MR) is 63.5 cm³/mol. The van der Waals surface area contributed by atoms with Crippen molar-refractivity contribution in [1.82, 2.24) is 9.80 Å². The summed E-state index contributed by atoms with van der Waals surface area (Å²) in [6.07, 6.45) is 1.24. The van der Waals surface area contributed by atoms with Gasteiger partial charge in [-0.1, -0.05) is 13.8 Å². The first-order chi connectivity index (χ1) is 6.56. The van der Waals surface area contributed by atoms with Crippen LogP contribution in [0.15, 0.2) is 0 Å². The number of nitrogens with zero attached hydrogens (tertiary/aromatic N) is 2. The monoisotopic (exact) mass is 201 g/mol. The fourth-order valence-corrected chi connectivity index (χ4v) is 1.60. The van der Waals surface area contributed by atoms with E-state index in [4.69, 9.17) is 5.73 Å². The van der Waals surface area contributed by atoms with Gasteiger partial charge in [-0.2, -0.15) is 0 Å². The van der Waals surface area contributed by atoms with Gasteiger partial charge in [0.2, 0.25) is 0 Å². The van der Waals surface area contributed by atoms with E-state index in [9.17, 15) is 0 Å². The largest absolute Gasteiger partial charge is 0.329 e. The molecule has 3 nitrogen and oxygen atoms in total. The van der Waals surface area contributed by atoms with Crippen LogP contribution in [-0.4, -0.2) is 56.6 Å². The van der Waals surface area contributed by atoms with Crippen LogP contribution in [0.25, 0.3) is 0 Å². The minimum Gasteiger partial charge on any atom is -0.329 e. The molecular weight excluding hydrogens is 174 g/mol. The van der Waals surface area contributed by atoms with Gasteiger partial charge in [0.15, 0.2) is 0 Å². The van der Waals surface area contributed by atoms with Crippen molar-refractivity contribution in [3.8, 4) is 0 Å². The summed E-state index contributed by atoms with van der Waals surface area (Å²) in [5.74, 6) is 0.737. The van der Waals surface area contributed by atoms with E-state index in [-0.39, 0.29) is 0 Å². The molecule has 0 atom stereocenters. The summed E-state index contributed by atoms with van der Waals surface area (Å²) in [5.41, 5.74) is 5.58. The van der Waals surface area contributed by atoms with Crippen molar-refractivity contribution in [2.24, 2.45) is 11.7 Å². The number of hydrogen-bond acceptors (Lipinski definition) is 3. The second-order valence-electron chi connectivity index (χ2n) is 4.64. The third kappa shape index (κ3) is 8.48. The first-order valence-corrected chi connectivity index (χ1v) is 5.63. The molecule has 0 saturated heterocycles. The van der Waals surface area contributed by atoms with Crippen LogP contribution in [0.4, 0.5) is 0 Å². The Kier molecular flexibility index (Phi) is 8.14. The Hall–Kier alpha value is -0.120. The van der Waals surface area contributed by atoms with E-state index >= 15 is 0 Å². The second-order valence-corrected chi connectivity index (χ2v) is 4.64. The molecule has 0 aromatic heterocycles. The highest BCUT2D eigenvalue weighted by atomic mass is 15.1. The van der Waals surface area contributed by atoms with Gasteiger partial charge in [-0.25, -0.2) is 0 Å². The molecule has 0 aliphatic carbocycles. The molecule has 0 radical (unpaired) electrons. The normalized spacial score (nSPS) is 12.0. The van der Waals surface area contributed by atoms with Crippen LogP contribution >= 0.6 is 0 Å². The smallest absolute Gasteiger partial charge is 0.0105 e. The molecule has 0 heterocycles. The van der Waals surface area contributed by atoms with Crippen LogP contribution in [0.5, 0.6) is 0 Å². The Morgan fingerprint density at radius 3 is 2.14 bits per heavy atom. The van der Waals surface area contributed by atoms with E-state index in [2.05, 4.69) is 37.7 Å². The molecule has 0 aliphatic heterocycles. The Bertz CT molecular complexity index is 124. The summed E-state index contributed by atoms with van der Waals surface area (Å²) in [5, 5.41) is 0. The number of rotatable bonds is 8. The van der Waals surface area contributed by atoms with Crippen LogP contribution in [0, 0.1) is 5.92 Å². The lowest BCUT2D eigenvalue weighted by molar-refractivity contribution is 0.236. The zero-order valence-electron chi connectivity index (χ0n) is 10.3. The van der Waals surface area contributed by atoms with E-state index in [1.165, 1.54) is 26.1 Å². The average molecular weight is 201 g/mol.